The molecule has 78 valence electrons. The van der Waals surface area contributed by atoms with Gasteiger partial charge in [-0.2, -0.15) is 5.10 Å². The number of hydrogen-bond acceptors (Lipinski definition) is 3. The fourth-order valence-corrected chi connectivity index (χ4v) is 2.11. The molecule has 0 atom stereocenters. The van der Waals surface area contributed by atoms with Gasteiger partial charge in [0.05, 0.1) is 5.88 Å². The maximum atomic E-state index is 5.75. The lowest BCUT2D eigenvalue weighted by Gasteiger charge is -2.04. The molecule has 0 saturated carbocycles. The summed E-state index contributed by atoms with van der Waals surface area (Å²) in [6.45, 7) is 2.02. The van der Waals surface area contributed by atoms with Crippen LogP contribution in [-0.2, 0) is 5.88 Å². The Morgan fingerprint density at radius 3 is 3.00 bits per heavy atom. The summed E-state index contributed by atoms with van der Waals surface area (Å²) in [6, 6.07) is 8.01. The smallest absolute Gasteiger partial charge is 0.0909 e. The van der Waals surface area contributed by atoms with Gasteiger partial charge >= 0.3 is 0 Å². The maximum Gasteiger partial charge on any atom is 0.0909 e. The van der Waals surface area contributed by atoms with Crippen LogP contribution in [0.15, 0.2) is 41.6 Å². The van der Waals surface area contributed by atoms with Gasteiger partial charge in [-0.15, -0.1) is 11.8 Å². The van der Waals surface area contributed by atoms with Crippen LogP contribution in [0.3, 0.4) is 0 Å². The first-order valence-electron chi connectivity index (χ1n) is 4.72. The first-order valence-corrected chi connectivity index (χ1v) is 5.70. The van der Waals surface area contributed by atoms with Gasteiger partial charge in [-0.25, -0.2) is 0 Å². The number of benzene rings is 1. The second kappa shape index (κ2) is 4.40. The summed E-state index contributed by atoms with van der Waals surface area (Å²) < 4.78 is 1.90. The van der Waals surface area contributed by atoms with Crippen molar-refractivity contribution < 1.29 is 0 Å². The van der Waals surface area contributed by atoms with E-state index in [1.54, 1.807) is 18.0 Å². The molecule has 1 aromatic heterocycles. The molecule has 0 aliphatic rings. The lowest BCUT2D eigenvalue weighted by molar-refractivity contribution is 0.751. The zero-order valence-corrected chi connectivity index (χ0v) is 9.37. The van der Waals surface area contributed by atoms with E-state index in [-0.39, 0.29) is 0 Å². The quantitative estimate of drug-likeness (QED) is 0.637. The Morgan fingerprint density at radius 2 is 2.33 bits per heavy atom. The van der Waals surface area contributed by atoms with Crippen LogP contribution in [0, 0.1) is 6.92 Å². The molecular weight excluding hydrogens is 206 g/mol. The van der Waals surface area contributed by atoms with Crippen molar-refractivity contribution in [2.45, 2.75) is 17.7 Å². The lowest BCUT2D eigenvalue weighted by Crippen LogP contribution is -1.94. The maximum absolute atomic E-state index is 5.75. The molecule has 1 aromatic carbocycles. The van der Waals surface area contributed by atoms with Crippen LogP contribution < -0.4 is 5.73 Å². The van der Waals surface area contributed by atoms with Crippen LogP contribution in [0.1, 0.15) is 5.56 Å². The first kappa shape index (κ1) is 10.1. The van der Waals surface area contributed by atoms with Crippen molar-refractivity contribution in [3.8, 4) is 0 Å². The molecular formula is C11H13N3S. The predicted molar refractivity (Wildman–Crippen MR) is 63.7 cm³/mol. The van der Waals surface area contributed by atoms with Crippen LogP contribution in [0.5, 0.6) is 0 Å². The highest BCUT2D eigenvalue weighted by Crippen LogP contribution is 2.23. The summed E-state index contributed by atoms with van der Waals surface area (Å²) >= 11 is 1.75. The zero-order valence-electron chi connectivity index (χ0n) is 8.55. The van der Waals surface area contributed by atoms with E-state index in [9.17, 15) is 0 Å². The molecule has 0 spiro atoms. The third kappa shape index (κ3) is 2.53. The summed E-state index contributed by atoms with van der Waals surface area (Å²) in [6.07, 6.45) is 3.74. The highest BCUT2D eigenvalue weighted by molar-refractivity contribution is 7.98. The molecule has 4 heteroatoms. The summed E-state index contributed by atoms with van der Waals surface area (Å²) in [5, 5.41) is 4.14. The van der Waals surface area contributed by atoms with Gasteiger partial charge in [0.25, 0.3) is 0 Å². The second-order valence-electron chi connectivity index (χ2n) is 3.34. The minimum atomic E-state index is 0.830. The fourth-order valence-electron chi connectivity index (χ4n) is 1.26. The Balaban J connectivity index is 2.02. The van der Waals surface area contributed by atoms with Crippen LogP contribution in [0.2, 0.25) is 0 Å². The van der Waals surface area contributed by atoms with Crippen LogP contribution in [0.25, 0.3) is 0 Å². The van der Waals surface area contributed by atoms with Crippen molar-refractivity contribution in [3.05, 3.63) is 42.2 Å². The van der Waals surface area contributed by atoms with Gasteiger partial charge in [0.2, 0.25) is 0 Å². The van der Waals surface area contributed by atoms with Crippen LogP contribution in [-0.4, -0.2) is 9.78 Å². The molecule has 0 aliphatic carbocycles. The predicted octanol–water partition coefficient (Wildman–Crippen LogP) is 2.52. The molecule has 0 aliphatic heterocycles. The average Bonchev–Trinajstić information content (AvgIpc) is 2.73. The topological polar surface area (TPSA) is 43.8 Å². The van der Waals surface area contributed by atoms with Gasteiger partial charge in [0.15, 0.2) is 0 Å². The van der Waals surface area contributed by atoms with E-state index in [1.807, 2.05) is 36.0 Å². The Labute approximate surface area is 93.3 Å². The number of nitrogen functional groups attached to an aromatic ring is 1. The Bertz CT molecular complexity index is 437. The largest absolute Gasteiger partial charge is 0.399 e. The van der Waals surface area contributed by atoms with Crippen LogP contribution in [0.4, 0.5) is 5.69 Å². The van der Waals surface area contributed by atoms with E-state index in [0.717, 1.165) is 17.1 Å². The van der Waals surface area contributed by atoms with Crippen molar-refractivity contribution in [3.63, 3.8) is 0 Å². The van der Waals surface area contributed by atoms with Gasteiger partial charge in [-0.05, 0) is 36.8 Å². The summed E-state index contributed by atoms with van der Waals surface area (Å²) in [4.78, 5) is 1.22. The number of aryl methyl sites for hydroxylation is 1. The SMILES string of the molecule is Cc1cc(SCn2cccn2)ccc1N. The van der Waals surface area contributed by atoms with Gasteiger partial charge in [-0.3, -0.25) is 4.68 Å². The minimum absolute atomic E-state index is 0.830. The standard InChI is InChI=1S/C11H13N3S/c1-9-7-10(3-4-11(9)12)15-8-14-6-2-5-13-14/h2-7H,8,12H2,1H3. The van der Waals surface area contributed by atoms with Crippen molar-refractivity contribution in [2.24, 2.45) is 0 Å². The molecule has 1 heterocycles. The summed E-state index contributed by atoms with van der Waals surface area (Å²) in [5.41, 5.74) is 7.72. The third-order valence-electron chi connectivity index (χ3n) is 2.16. The number of thioether (sulfide) groups is 1. The molecule has 2 aromatic rings. The molecule has 0 unspecified atom stereocenters. The molecule has 0 fully saturated rings. The molecule has 0 amide bonds. The molecule has 2 N–H and O–H groups in total. The van der Waals surface area contributed by atoms with Crippen LogP contribution >= 0.6 is 11.8 Å². The second-order valence-corrected chi connectivity index (χ2v) is 4.36. The van der Waals surface area contributed by atoms with Gasteiger partial charge in [0, 0.05) is 23.0 Å². The Kier molecular flexibility index (Phi) is 2.97. The number of hydrogen-bond donors (Lipinski definition) is 1. The van der Waals surface area contributed by atoms with E-state index < -0.39 is 0 Å². The van der Waals surface area contributed by atoms with Crippen molar-refractivity contribution in [2.75, 3.05) is 5.73 Å². The summed E-state index contributed by atoms with van der Waals surface area (Å²) in [5.74, 6) is 0.830. The highest BCUT2D eigenvalue weighted by Gasteiger charge is 1.98. The fraction of sp³-hybridized carbons (Fsp3) is 0.182. The van der Waals surface area contributed by atoms with E-state index in [4.69, 9.17) is 5.73 Å². The van der Waals surface area contributed by atoms with E-state index in [1.165, 1.54) is 4.90 Å². The number of aromatic nitrogens is 2. The molecule has 2 rings (SSSR count). The van der Waals surface area contributed by atoms with E-state index >= 15 is 0 Å². The number of rotatable bonds is 3. The monoisotopic (exact) mass is 219 g/mol. The first-order chi connectivity index (χ1) is 7.25. The molecule has 0 saturated heterocycles. The lowest BCUT2D eigenvalue weighted by atomic mass is 10.2. The van der Waals surface area contributed by atoms with Crippen molar-refractivity contribution >= 4 is 17.4 Å². The molecule has 3 nitrogen and oxygen atoms in total. The number of nitrogens with zero attached hydrogens (tertiary/aromatic N) is 2. The Hall–Kier alpha value is -1.42. The van der Waals surface area contributed by atoms with E-state index in [0.29, 0.717) is 0 Å². The van der Waals surface area contributed by atoms with Gasteiger partial charge in [0.1, 0.15) is 0 Å². The molecule has 0 bridgehead atoms. The van der Waals surface area contributed by atoms with Gasteiger partial charge < -0.3 is 5.73 Å². The van der Waals surface area contributed by atoms with Crippen molar-refractivity contribution in [1.29, 1.82) is 0 Å². The molecule has 15 heavy (non-hydrogen) atoms. The normalized spacial score (nSPS) is 10.5. The Morgan fingerprint density at radius 1 is 1.47 bits per heavy atom. The van der Waals surface area contributed by atoms with Crippen molar-refractivity contribution in [1.82, 2.24) is 9.78 Å². The van der Waals surface area contributed by atoms with Gasteiger partial charge in [-0.1, -0.05) is 0 Å². The minimum Gasteiger partial charge on any atom is -0.399 e. The summed E-state index contributed by atoms with van der Waals surface area (Å²) in [7, 11) is 0. The third-order valence-corrected chi connectivity index (χ3v) is 3.14. The average molecular weight is 219 g/mol. The molecule has 0 radical (unpaired) electrons. The van der Waals surface area contributed by atoms with E-state index in [2.05, 4.69) is 11.2 Å². The number of anilines is 1. The number of nitrogens with two attached hydrogens (primary N) is 1. The zero-order chi connectivity index (χ0) is 10.7. The highest BCUT2D eigenvalue weighted by atomic mass is 32.2.